The zero-order valence-electron chi connectivity index (χ0n) is 11.9. The summed E-state index contributed by atoms with van der Waals surface area (Å²) in [4.78, 5) is 17.6. The van der Waals surface area contributed by atoms with E-state index in [9.17, 15) is 4.79 Å². The van der Waals surface area contributed by atoms with Gasteiger partial charge in [0, 0.05) is 39.1 Å². The number of amides is 1. The van der Waals surface area contributed by atoms with Gasteiger partial charge >= 0.3 is 0 Å². The minimum Gasteiger partial charge on any atom is -0.397 e. The highest BCUT2D eigenvalue weighted by molar-refractivity contribution is 5.95. The third-order valence-corrected chi connectivity index (χ3v) is 3.06. The van der Waals surface area contributed by atoms with Gasteiger partial charge in [-0.05, 0) is 18.2 Å². The molecule has 0 aliphatic heterocycles. The first kappa shape index (κ1) is 13.9. The normalized spacial score (nSPS) is 10.3. The number of aromatic nitrogens is 2. The molecule has 1 amide bonds. The van der Waals surface area contributed by atoms with Crippen LogP contribution < -0.4 is 11.1 Å². The van der Waals surface area contributed by atoms with E-state index in [0.29, 0.717) is 17.8 Å². The molecule has 0 unspecified atom stereocenters. The highest BCUT2D eigenvalue weighted by atomic mass is 16.2. The molecule has 2 aromatic rings. The van der Waals surface area contributed by atoms with Crippen LogP contribution in [-0.4, -0.2) is 34.5 Å². The molecule has 3 N–H and O–H groups in total. The number of carbonyl (C=O) groups is 1. The fourth-order valence-electron chi connectivity index (χ4n) is 1.86. The molecule has 0 aliphatic rings. The van der Waals surface area contributed by atoms with Crippen LogP contribution in [0.5, 0.6) is 0 Å². The second-order valence-electron chi connectivity index (χ2n) is 4.81. The number of hydrogen-bond acceptors (Lipinski definition) is 4. The molecule has 106 valence electrons. The van der Waals surface area contributed by atoms with Gasteiger partial charge < -0.3 is 20.5 Å². The molecule has 0 spiro atoms. The highest BCUT2D eigenvalue weighted by Crippen LogP contribution is 2.21. The molecular formula is C14H19N5O. The number of imidazole rings is 1. The number of benzene rings is 1. The van der Waals surface area contributed by atoms with Crippen LogP contribution in [-0.2, 0) is 13.6 Å². The van der Waals surface area contributed by atoms with E-state index in [-0.39, 0.29) is 5.91 Å². The first-order valence-corrected chi connectivity index (χ1v) is 6.30. The average Bonchev–Trinajstić information content (AvgIpc) is 2.82. The minimum absolute atomic E-state index is 0.0626. The summed E-state index contributed by atoms with van der Waals surface area (Å²) in [6.45, 7) is 0.578. The molecule has 6 nitrogen and oxygen atoms in total. The molecule has 1 aromatic heterocycles. The van der Waals surface area contributed by atoms with Crippen LogP contribution in [0.1, 0.15) is 16.2 Å². The van der Waals surface area contributed by atoms with E-state index in [4.69, 9.17) is 5.73 Å². The molecule has 6 heteroatoms. The van der Waals surface area contributed by atoms with Crippen LogP contribution >= 0.6 is 0 Å². The Labute approximate surface area is 118 Å². The molecule has 0 aliphatic carbocycles. The first-order chi connectivity index (χ1) is 9.49. The standard InChI is InChI=1S/C14H19N5O/c1-18(2)14(20)10-4-5-12(11(15)8-10)17-9-13-16-6-7-19(13)3/h4-8,17H,9,15H2,1-3H3. The Kier molecular flexibility index (Phi) is 3.93. The number of hydrogen-bond donors (Lipinski definition) is 2. The molecule has 0 bridgehead atoms. The van der Waals surface area contributed by atoms with Crippen molar-refractivity contribution in [3.05, 3.63) is 42.0 Å². The molecule has 20 heavy (non-hydrogen) atoms. The Balaban J connectivity index is 2.10. The largest absolute Gasteiger partial charge is 0.397 e. The van der Waals surface area contributed by atoms with Gasteiger partial charge in [-0.15, -0.1) is 0 Å². The summed E-state index contributed by atoms with van der Waals surface area (Å²) in [5.74, 6) is 0.852. The van der Waals surface area contributed by atoms with E-state index < -0.39 is 0 Å². The molecule has 1 heterocycles. The van der Waals surface area contributed by atoms with Crippen LogP contribution in [0.25, 0.3) is 0 Å². The van der Waals surface area contributed by atoms with E-state index in [2.05, 4.69) is 10.3 Å². The zero-order valence-corrected chi connectivity index (χ0v) is 11.9. The maximum Gasteiger partial charge on any atom is 0.253 e. The predicted molar refractivity (Wildman–Crippen MR) is 79.4 cm³/mol. The van der Waals surface area contributed by atoms with Crippen molar-refractivity contribution in [3.8, 4) is 0 Å². The Morgan fingerprint density at radius 3 is 2.75 bits per heavy atom. The molecule has 0 atom stereocenters. The van der Waals surface area contributed by atoms with Crippen LogP contribution in [0.2, 0.25) is 0 Å². The zero-order chi connectivity index (χ0) is 14.7. The van der Waals surface area contributed by atoms with E-state index in [0.717, 1.165) is 11.5 Å². The van der Waals surface area contributed by atoms with Gasteiger partial charge in [-0.2, -0.15) is 0 Å². The fraction of sp³-hybridized carbons (Fsp3) is 0.286. The topological polar surface area (TPSA) is 76.2 Å². The predicted octanol–water partition coefficient (Wildman–Crippen LogP) is 1.32. The summed E-state index contributed by atoms with van der Waals surface area (Å²) in [5, 5.41) is 3.22. The molecule has 0 fully saturated rings. The van der Waals surface area contributed by atoms with Gasteiger partial charge in [0.15, 0.2) is 0 Å². The van der Waals surface area contributed by atoms with Crippen molar-refractivity contribution < 1.29 is 4.79 Å². The lowest BCUT2D eigenvalue weighted by Crippen LogP contribution is -2.21. The maximum absolute atomic E-state index is 11.8. The smallest absolute Gasteiger partial charge is 0.253 e. The van der Waals surface area contributed by atoms with Crippen LogP contribution in [0.4, 0.5) is 11.4 Å². The van der Waals surface area contributed by atoms with Gasteiger partial charge in [0.25, 0.3) is 5.91 Å². The quantitative estimate of drug-likeness (QED) is 0.824. The van der Waals surface area contributed by atoms with Crippen molar-refractivity contribution in [2.45, 2.75) is 6.54 Å². The third-order valence-electron chi connectivity index (χ3n) is 3.06. The lowest BCUT2D eigenvalue weighted by atomic mass is 10.1. The van der Waals surface area contributed by atoms with Gasteiger partial charge in [-0.25, -0.2) is 4.98 Å². The molecule has 1 aromatic carbocycles. The van der Waals surface area contributed by atoms with Crippen molar-refractivity contribution in [1.29, 1.82) is 0 Å². The summed E-state index contributed by atoms with van der Waals surface area (Å²) in [7, 11) is 5.36. The van der Waals surface area contributed by atoms with E-state index in [1.165, 1.54) is 4.90 Å². The summed E-state index contributed by atoms with van der Waals surface area (Å²) in [6.07, 6.45) is 3.64. The van der Waals surface area contributed by atoms with Crippen LogP contribution in [0.3, 0.4) is 0 Å². The number of nitrogens with two attached hydrogens (primary N) is 1. The van der Waals surface area contributed by atoms with Gasteiger partial charge in [0.2, 0.25) is 0 Å². The number of nitrogens with one attached hydrogen (secondary N) is 1. The van der Waals surface area contributed by atoms with Gasteiger partial charge in [-0.1, -0.05) is 0 Å². The SMILES string of the molecule is CN(C)C(=O)c1ccc(NCc2nccn2C)c(N)c1. The van der Waals surface area contributed by atoms with Crippen LogP contribution in [0, 0.1) is 0 Å². The second-order valence-corrected chi connectivity index (χ2v) is 4.81. The monoisotopic (exact) mass is 273 g/mol. The van der Waals surface area contributed by atoms with E-state index in [1.807, 2.05) is 23.9 Å². The Hall–Kier alpha value is -2.50. The Morgan fingerprint density at radius 1 is 1.45 bits per heavy atom. The molecule has 0 radical (unpaired) electrons. The number of carbonyl (C=O) groups excluding carboxylic acids is 1. The fourth-order valence-corrected chi connectivity index (χ4v) is 1.86. The first-order valence-electron chi connectivity index (χ1n) is 6.30. The Bertz CT molecular complexity index is 618. The molecule has 0 saturated heterocycles. The summed E-state index contributed by atoms with van der Waals surface area (Å²) in [5.41, 5.74) is 7.90. The van der Waals surface area contributed by atoms with E-state index in [1.54, 1.807) is 32.4 Å². The van der Waals surface area contributed by atoms with Crippen molar-refractivity contribution >= 4 is 17.3 Å². The summed E-state index contributed by atoms with van der Waals surface area (Å²) in [6, 6.07) is 5.26. The minimum atomic E-state index is -0.0626. The molecular weight excluding hydrogens is 254 g/mol. The maximum atomic E-state index is 11.8. The third kappa shape index (κ3) is 2.90. The second kappa shape index (κ2) is 5.64. The van der Waals surface area contributed by atoms with Crippen molar-refractivity contribution in [3.63, 3.8) is 0 Å². The van der Waals surface area contributed by atoms with Gasteiger partial charge in [-0.3, -0.25) is 4.79 Å². The number of anilines is 2. The van der Waals surface area contributed by atoms with Crippen molar-refractivity contribution in [2.75, 3.05) is 25.1 Å². The lowest BCUT2D eigenvalue weighted by Gasteiger charge is -2.13. The number of aryl methyl sites for hydroxylation is 1. The number of nitrogens with zero attached hydrogens (tertiary/aromatic N) is 3. The van der Waals surface area contributed by atoms with Crippen LogP contribution in [0.15, 0.2) is 30.6 Å². The van der Waals surface area contributed by atoms with Gasteiger partial charge in [0.05, 0.1) is 17.9 Å². The number of nitrogen functional groups attached to an aromatic ring is 1. The lowest BCUT2D eigenvalue weighted by molar-refractivity contribution is 0.0827. The van der Waals surface area contributed by atoms with Crippen molar-refractivity contribution in [1.82, 2.24) is 14.5 Å². The Morgan fingerprint density at radius 2 is 2.20 bits per heavy atom. The molecule has 2 rings (SSSR count). The average molecular weight is 273 g/mol. The van der Waals surface area contributed by atoms with Crippen molar-refractivity contribution in [2.24, 2.45) is 7.05 Å². The molecule has 0 saturated carbocycles. The van der Waals surface area contributed by atoms with E-state index >= 15 is 0 Å². The number of rotatable bonds is 4. The highest BCUT2D eigenvalue weighted by Gasteiger charge is 2.10. The summed E-state index contributed by atoms with van der Waals surface area (Å²) < 4.78 is 1.94. The summed E-state index contributed by atoms with van der Waals surface area (Å²) >= 11 is 0. The van der Waals surface area contributed by atoms with Gasteiger partial charge in [0.1, 0.15) is 5.82 Å².